The number of nitrogens with zero attached hydrogens (tertiary/aromatic N) is 2. The van der Waals surface area contributed by atoms with Crippen LogP contribution in [-0.2, 0) is 4.79 Å². The van der Waals surface area contributed by atoms with Crippen LogP contribution in [0.2, 0.25) is 0 Å². The lowest BCUT2D eigenvalue weighted by Crippen LogP contribution is -2.37. The maximum absolute atomic E-state index is 12.5. The average molecular weight is 343 g/mol. The van der Waals surface area contributed by atoms with E-state index in [2.05, 4.69) is 10.3 Å². The Morgan fingerprint density at radius 3 is 2.68 bits per heavy atom. The van der Waals surface area contributed by atoms with Crippen molar-refractivity contribution in [3.05, 3.63) is 29.1 Å². The number of aromatic nitrogens is 1. The molecule has 0 spiro atoms. The summed E-state index contributed by atoms with van der Waals surface area (Å²) < 4.78 is 0. The highest BCUT2D eigenvalue weighted by atomic mass is 16.4. The Bertz CT molecular complexity index is 660. The Morgan fingerprint density at radius 1 is 1.36 bits per heavy atom. The standard InChI is InChI=1S/C19H25N3O3/c1-13-15(12-20)7-9-17(21-13)19(25)22-16(8-10-18(23)24)11-14-5-3-2-4-6-14/h7,9,14,16H,2-6,8,10-11H2,1H3,(H,22,25)(H,23,24). The van der Waals surface area contributed by atoms with Gasteiger partial charge in [0.2, 0.25) is 0 Å². The molecule has 0 aliphatic heterocycles. The van der Waals surface area contributed by atoms with E-state index in [9.17, 15) is 9.59 Å². The molecular formula is C19H25N3O3. The van der Waals surface area contributed by atoms with E-state index in [0.717, 1.165) is 19.3 Å². The van der Waals surface area contributed by atoms with Gasteiger partial charge in [0.05, 0.1) is 11.3 Å². The summed E-state index contributed by atoms with van der Waals surface area (Å²) in [5, 5.41) is 20.9. The zero-order valence-electron chi connectivity index (χ0n) is 14.6. The minimum atomic E-state index is -0.852. The fraction of sp³-hybridized carbons (Fsp3) is 0.579. The molecule has 2 N–H and O–H groups in total. The van der Waals surface area contributed by atoms with Crippen LogP contribution in [0.15, 0.2) is 12.1 Å². The number of amides is 1. The molecule has 0 bridgehead atoms. The molecule has 0 saturated heterocycles. The van der Waals surface area contributed by atoms with Crippen molar-refractivity contribution in [1.29, 1.82) is 5.26 Å². The van der Waals surface area contributed by atoms with Gasteiger partial charge >= 0.3 is 5.97 Å². The predicted molar refractivity (Wildman–Crippen MR) is 93.0 cm³/mol. The molecule has 6 heteroatoms. The Hall–Kier alpha value is -2.42. The lowest BCUT2D eigenvalue weighted by atomic mass is 9.84. The van der Waals surface area contributed by atoms with Crippen LogP contribution in [0, 0.1) is 24.2 Å². The van der Waals surface area contributed by atoms with E-state index in [0.29, 0.717) is 23.6 Å². The first kappa shape index (κ1) is 18.9. The maximum Gasteiger partial charge on any atom is 0.303 e. The molecule has 6 nitrogen and oxygen atoms in total. The number of carbonyl (C=O) groups excluding carboxylic acids is 1. The Balaban J connectivity index is 2.03. The number of aliphatic carboxylic acids is 1. The van der Waals surface area contributed by atoms with Crippen LogP contribution in [0.25, 0.3) is 0 Å². The highest BCUT2D eigenvalue weighted by molar-refractivity contribution is 5.92. The number of nitriles is 1. The van der Waals surface area contributed by atoms with Crippen LogP contribution in [0.4, 0.5) is 0 Å². The molecule has 1 heterocycles. The molecular weight excluding hydrogens is 318 g/mol. The third kappa shape index (κ3) is 5.86. The van der Waals surface area contributed by atoms with Gasteiger partial charge in [-0.1, -0.05) is 32.1 Å². The molecule has 1 aliphatic rings. The van der Waals surface area contributed by atoms with E-state index >= 15 is 0 Å². The zero-order valence-corrected chi connectivity index (χ0v) is 14.6. The Labute approximate surface area is 148 Å². The van der Waals surface area contributed by atoms with Gasteiger partial charge in [-0.05, 0) is 37.8 Å². The first-order valence-electron chi connectivity index (χ1n) is 8.90. The molecule has 0 aromatic carbocycles. The Morgan fingerprint density at radius 2 is 2.08 bits per heavy atom. The molecule has 1 saturated carbocycles. The number of hydrogen-bond donors (Lipinski definition) is 2. The van der Waals surface area contributed by atoms with Gasteiger partial charge < -0.3 is 10.4 Å². The third-order valence-corrected chi connectivity index (χ3v) is 4.82. The van der Waals surface area contributed by atoms with Gasteiger partial charge in [-0.3, -0.25) is 9.59 Å². The first-order chi connectivity index (χ1) is 12.0. The van der Waals surface area contributed by atoms with Crippen LogP contribution >= 0.6 is 0 Å². The Kier molecular flexibility index (Phi) is 6.93. The summed E-state index contributed by atoms with van der Waals surface area (Å²) in [4.78, 5) is 27.6. The summed E-state index contributed by atoms with van der Waals surface area (Å²) in [6.45, 7) is 1.69. The van der Waals surface area contributed by atoms with Crippen LogP contribution < -0.4 is 5.32 Å². The number of hydrogen-bond acceptors (Lipinski definition) is 4. The van der Waals surface area contributed by atoms with Crippen LogP contribution in [0.1, 0.15) is 73.1 Å². The topological polar surface area (TPSA) is 103 Å². The maximum atomic E-state index is 12.5. The van der Waals surface area contributed by atoms with Crippen molar-refractivity contribution >= 4 is 11.9 Å². The van der Waals surface area contributed by atoms with Gasteiger partial charge in [0, 0.05) is 12.5 Å². The van der Waals surface area contributed by atoms with E-state index in [4.69, 9.17) is 10.4 Å². The lowest BCUT2D eigenvalue weighted by Gasteiger charge is -2.27. The second kappa shape index (κ2) is 9.16. The molecule has 25 heavy (non-hydrogen) atoms. The van der Waals surface area contributed by atoms with E-state index in [1.54, 1.807) is 13.0 Å². The normalized spacial score (nSPS) is 16.0. The lowest BCUT2D eigenvalue weighted by molar-refractivity contribution is -0.137. The first-order valence-corrected chi connectivity index (χ1v) is 8.90. The third-order valence-electron chi connectivity index (χ3n) is 4.82. The monoisotopic (exact) mass is 343 g/mol. The quantitative estimate of drug-likeness (QED) is 0.791. The number of rotatable bonds is 7. The fourth-order valence-electron chi connectivity index (χ4n) is 3.44. The molecule has 1 aromatic heterocycles. The smallest absolute Gasteiger partial charge is 0.303 e. The molecule has 1 amide bonds. The average Bonchev–Trinajstić information content (AvgIpc) is 2.60. The van der Waals surface area contributed by atoms with Gasteiger partial charge in [0.15, 0.2) is 0 Å². The minimum Gasteiger partial charge on any atom is -0.481 e. The minimum absolute atomic E-state index is 0.0392. The zero-order chi connectivity index (χ0) is 18.2. The van der Waals surface area contributed by atoms with Crippen molar-refractivity contribution in [2.75, 3.05) is 0 Å². The van der Waals surface area contributed by atoms with Crippen molar-refractivity contribution in [3.8, 4) is 6.07 Å². The number of carbonyl (C=O) groups is 2. The van der Waals surface area contributed by atoms with E-state index in [1.165, 1.54) is 25.3 Å². The SMILES string of the molecule is Cc1nc(C(=O)NC(CCC(=O)O)CC2CCCCC2)ccc1C#N. The highest BCUT2D eigenvalue weighted by Crippen LogP contribution is 2.28. The number of nitrogens with one attached hydrogen (secondary N) is 1. The van der Waals surface area contributed by atoms with Gasteiger partial charge in [-0.2, -0.15) is 5.26 Å². The molecule has 1 fully saturated rings. The van der Waals surface area contributed by atoms with Crippen molar-refractivity contribution in [1.82, 2.24) is 10.3 Å². The predicted octanol–water partition coefficient (Wildman–Crippen LogP) is 3.20. The van der Waals surface area contributed by atoms with Crippen molar-refractivity contribution in [2.45, 2.75) is 64.3 Å². The molecule has 1 unspecified atom stereocenters. The van der Waals surface area contributed by atoms with Gasteiger partial charge in [0.25, 0.3) is 5.91 Å². The van der Waals surface area contributed by atoms with E-state index in [-0.39, 0.29) is 24.1 Å². The van der Waals surface area contributed by atoms with Crippen molar-refractivity contribution in [2.24, 2.45) is 5.92 Å². The van der Waals surface area contributed by atoms with Crippen molar-refractivity contribution in [3.63, 3.8) is 0 Å². The molecule has 1 atom stereocenters. The summed E-state index contributed by atoms with van der Waals surface area (Å²) >= 11 is 0. The summed E-state index contributed by atoms with van der Waals surface area (Å²) in [6.07, 6.45) is 7.25. The van der Waals surface area contributed by atoms with E-state index < -0.39 is 5.97 Å². The summed E-state index contributed by atoms with van der Waals surface area (Å²) in [5.74, 6) is -0.613. The second-order valence-electron chi connectivity index (χ2n) is 6.78. The molecule has 1 aromatic rings. The molecule has 0 radical (unpaired) electrons. The number of aryl methyl sites for hydroxylation is 1. The second-order valence-corrected chi connectivity index (χ2v) is 6.78. The van der Waals surface area contributed by atoms with Crippen LogP contribution in [0.3, 0.4) is 0 Å². The number of pyridine rings is 1. The van der Waals surface area contributed by atoms with Gasteiger partial charge in [0.1, 0.15) is 11.8 Å². The fourth-order valence-corrected chi connectivity index (χ4v) is 3.44. The number of carboxylic acids is 1. The van der Waals surface area contributed by atoms with Gasteiger partial charge in [-0.15, -0.1) is 0 Å². The van der Waals surface area contributed by atoms with Crippen LogP contribution in [-0.4, -0.2) is 28.0 Å². The molecule has 134 valence electrons. The summed E-state index contributed by atoms with van der Waals surface area (Å²) in [7, 11) is 0. The largest absolute Gasteiger partial charge is 0.481 e. The van der Waals surface area contributed by atoms with E-state index in [1.807, 2.05) is 6.07 Å². The summed E-state index contributed by atoms with van der Waals surface area (Å²) in [6, 6.07) is 4.99. The van der Waals surface area contributed by atoms with Crippen molar-refractivity contribution < 1.29 is 14.7 Å². The summed E-state index contributed by atoms with van der Waals surface area (Å²) in [5.41, 5.74) is 1.23. The van der Waals surface area contributed by atoms with Gasteiger partial charge in [-0.25, -0.2) is 4.98 Å². The number of carboxylic acid groups (broad SMARTS) is 1. The molecule has 1 aliphatic carbocycles. The highest BCUT2D eigenvalue weighted by Gasteiger charge is 2.22. The van der Waals surface area contributed by atoms with Crippen LogP contribution in [0.5, 0.6) is 0 Å². The molecule has 2 rings (SSSR count).